The van der Waals surface area contributed by atoms with Gasteiger partial charge in [0.2, 0.25) is 9.05 Å². The zero-order valence-electron chi connectivity index (χ0n) is 17.0. The van der Waals surface area contributed by atoms with Crippen LogP contribution in [0.25, 0.3) is 0 Å². The molecule has 28 heavy (non-hydrogen) atoms. The molecule has 0 amide bonds. The molecule has 0 atom stereocenters. The summed E-state index contributed by atoms with van der Waals surface area (Å²) in [6.07, 6.45) is 13.4. The van der Waals surface area contributed by atoms with E-state index in [4.69, 9.17) is 10.7 Å². The van der Waals surface area contributed by atoms with Crippen LogP contribution in [-0.4, -0.2) is 38.2 Å². The minimum absolute atomic E-state index is 0. The molecular weight excluding hydrogens is 499 g/mol. The smallest absolute Gasteiger partial charge is 0.748 e. The van der Waals surface area contributed by atoms with Gasteiger partial charge in [-0.05, 0) is 57.8 Å². The van der Waals surface area contributed by atoms with Gasteiger partial charge in [0, 0.05) is 21.8 Å². The van der Waals surface area contributed by atoms with Gasteiger partial charge < -0.3 is 4.55 Å². The van der Waals surface area contributed by atoms with Crippen LogP contribution in [-0.2, 0) is 19.2 Å². The standard InChI is InChI=1S/C6H11Br.C6H11ClO2S.C6H12O3S.Na/c1-2-3-4-5-6-7;2*1-2-3-4-5-6-10(7,8)9;/h2H,1,3-6H2;2H,1,3-6H2;2H,1,3-6H2,(H,7,8,9);/q;;;+1/p-1. The molecular formula is C18H33BrClNaO5S2. The van der Waals surface area contributed by atoms with Gasteiger partial charge in [0.05, 0.1) is 15.9 Å². The van der Waals surface area contributed by atoms with Crippen molar-refractivity contribution in [2.75, 3.05) is 16.8 Å². The number of rotatable bonds is 14. The Kier molecular flexibility index (Phi) is 33.5. The predicted octanol–water partition coefficient (Wildman–Crippen LogP) is 2.54. The third kappa shape index (κ3) is 50.5. The van der Waals surface area contributed by atoms with E-state index in [-0.39, 0.29) is 41.1 Å². The number of alkyl halides is 1. The van der Waals surface area contributed by atoms with E-state index in [2.05, 4.69) is 35.7 Å². The Labute approximate surface area is 207 Å². The minimum Gasteiger partial charge on any atom is -0.748 e. The summed E-state index contributed by atoms with van der Waals surface area (Å²) in [6, 6.07) is 0. The first kappa shape index (κ1) is 36.2. The van der Waals surface area contributed by atoms with Crippen molar-refractivity contribution in [1.29, 1.82) is 0 Å². The van der Waals surface area contributed by atoms with Gasteiger partial charge in [-0.15, -0.1) is 19.7 Å². The van der Waals surface area contributed by atoms with E-state index in [0.29, 0.717) is 12.8 Å². The number of allylic oxidation sites excluding steroid dienone is 3. The maximum Gasteiger partial charge on any atom is 1.00 e. The molecule has 0 aromatic rings. The second-order valence-electron chi connectivity index (χ2n) is 5.55. The fourth-order valence-corrected chi connectivity index (χ4v) is 3.34. The van der Waals surface area contributed by atoms with E-state index in [0.717, 1.165) is 37.4 Å². The number of hydrogen-bond acceptors (Lipinski definition) is 5. The average Bonchev–Trinajstić information content (AvgIpc) is 2.56. The van der Waals surface area contributed by atoms with Crippen LogP contribution in [0.4, 0.5) is 0 Å². The second-order valence-corrected chi connectivity index (χ2v) is 10.8. The molecule has 0 heterocycles. The third-order valence-electron chi connectivity index (χ3n) is 2.89. The van der Waals surface area contributed by atoms with Crippen molar-refractivity contribution in [2.24, 2.45) is 0 Å². The molecule has 0 aromatic carbocycles. The van der Waals surface area contributed by atoms with E-state index in [1.165, 1.54) is 12.8 Å². The summed E-state index contributed by atoms with van der Waals surface area (Å²) in [4.78, 5) is 0. The van der Waals surface area contributed by atoms with Crippen LogP contribution in [0.2, 0.25) is 0 Å². The summed E-state index contributed by atoms with van der Waals surface area (Å²) >= 11 is 3.35. The molecule has 0 N–H and O–H groups in total. The van der Waals surface area contributed by atoms with E-state index in [1.54, 1.807) is 12.2 Å². The Bertz CT molecular complexity index is 523. The average molecular weight is 532 g/mol. The van der Waals surface area contributed by atoms with Crippen LogP contribution in [0, 0.1) is 0 Å². The Morgan fingerprint density at radius 3 is 1.39 bits per heavy atom. The van der Waals surface area contributed by atoms with Crippen molar-refractivity contribution in [1.82, 2.24) is 0 Å². The molecule has 0 saturated heterocycles. The second kappa shape index (κ2) is 25.9. The van der Waals surface area contributed by atoms with Gasteiger partial charge in [-0.25, -0.2) is 16.8 Å². The van der Waals surface area contributed by atoms with Gasteiger partial charge in [0.1, 0.15) is 0 Å². The summed E-state index contributed by atoms with van der Waals surface area (Å²) in [6.45, 7) is 10.6. The maximum absolute atomic E-state index is 10.3. The molecule has 0 aromatic heterocycles. The van der Waals surface area contributed by atoms with Crippen molar-refractivity contribution in [2.45, 2.75) is 57.8 Å². The Morgan fingerprint density at radius 2 is 1.11 bits per heavy atom. The molecule has 0 radical (unpaired) electrons. The normalized spacial score (nSPS) is 10.2. The largest absolute Gasteiger partial charge is 1.00 e. The van der Waals surface area contributed by atoms with Gasteiger partial charge in [-0.3, -0.25) is 0 Å². The molecule has 0 unspecified atom stereocenters. The van der Waals surface area contributed by atoms with Crippen LogP contribution in [0.5, 0.6) is 0 Å². The molecule has 0 rings (SSSR count). The zero-order valence-corrected chi connectivity index (χ0v) is 22.9. The summed E-state index contributed by atoms with van der Waals surface area (Å²) < 4.78 is 50.7. The Balaban J connectivity index is -0.000000154. The van der Waals surface area contributed by atoms with E-state index < -0.39 is 19.2 Å². The Morgan fingerprint density at radius 1 is 0.750 bits per heavy atom. The quantitative estimate of drug-likeness (QED) is 0.0858. The predicted molar refractivity (Wildman–Crippen MR) is 120 cm³/mol. The van der Waals surface area contributed by atoms with Crippen LogP contribution in [0.3, 0.4) is 0 Å². The monoisotopic (exact) mass is 530 g/mol. The first-order valence-electron chi connectivity index (χ1n) is 8.78. The van der Waals surface area contributed by atoms with E-state index >= 15 is 0 Å². The van der Waals surface area contributed by atoms with Gasteiger partial charge >= 0.3 is 29.6 Å². The fourth-order valence-electron chi connectivity index (χ4n) is 1.51. The Hall–Kier alpha value is 0.850. The van der Waals surface area contributed by atoms with Gasteiger partial charge in [-0.1, -0.05) is 34.2 Å². The molecule has 5 nitrogen and oxygen atoms in total. The van der Waals surface area contributed by atoms with Crippen molar-refractivity contribution in [3.8, 4) is 0 Å². The van der Waals surface area contributed by atoms with E-state index in [9.17, 15) is 21.4 Å². The number of unbranched alkanes of at least 4 members (excludes halogenated alkanes) is 6. The molecule has 0 aliphatic heterocycles. The maximum atomic E-state index is 10.3. The SMILES string of the molecule is C=CCCCCBr.C=CCCCCS(=O)(=O)Cl.C=CCCCCS(=O)(=O)[O-].[Na+]. The summed E-state index contributed by atoms with van der Waals surface area (Å²) in [5, 5.41) is 1.13. The molecule has 0 aliphatic carbocycles. The van der Waals surface area contributed by atoms with Crippen molar-refractivity contribution in [3.63, 3.8) is 0 Å². The summed E-state index contributed by atoms with van der Waals surface area (Å²) in [7, 11) is -2.30. The number of hydrogen-bond donors (Lipinski definition) is 0. The molecule has 0 aliphatic rings. The van der Waals surface area contributed by atoms with Crippen LogP contribution >= 0.6 is 26.6 Å². The van der Waals surface area contributed by atoms with Gasteiger partial charge in [-0.2, -0.15) is 0 Å². The van der Waals surface area contributed by atoms with Crippen LogP contribution in [0.15, 0.2) is 38.0 Å². The minimum atomic E-state index is -3.99. The molecule has 0 saturated carbocycles. The molecule has 162 valence electrons. The van der Waals surface area contributed by atoms with Crippen LogP contribution in [0.1, 0.15) is 57.8 Å². The van der Waals surface area contributed by atoms with Crippen molar-refractivity contribution >= 4 is 45.8 Å². The molecule has 10 heteroatoms. The first-order valence-corrected chi connectivity index (χ1v) is 14.0. The van der Waals surface area contributed by atoms with E-state index in [1.807, 2.05) is 6.08 Å². The topological polar surface area (TPSA) is 91.3 Å². The van der Waals surface area contributed by atoms with Crippen LogP contribution < -0.4 is 29.6 Å². The molecule has 0 bridgehead atoms. The fraction of sp³-hybridized carbons (Fsp3) is 0.667. The molecule has 0 spiro atoms. The number of halogens is 2. The van der Waals surface area contributed by atoms with Crippen molar-refractivity contribution < 1.29 is 50.9 Å². The summed E-state index contributed by atoms with van der Waals surface area (Å²) in [5.41, 5.74) is 0. The first-order chi connectivity index (χ1) is 12.5. The summed E-state index contributed by atoms with van der Waals surface area (Å²) in [5.74, 6) is -0.177. The van der Waals surface area contributed by atoms with Gasteiger partial charge in [0.15, 0.2) is 0 Å². The van der Waals surface area contributed by atoms with Crippen molar-refractivity contribution in [3.05, 3.63) is 38.0 Å². The van der Waals surface area contributed by atoms with Gasteiger partial charge in [0.25, 0.3) is 0 Å². The molecule has 0 fully saturated rings. The third-order valence-corrected chi connectivity index (χ3v) is 5.48. The zero-order chi connectivity index (χ0) is 21.6.